The van der Waals surface area contributed by atoms with Crippen LogP contribution in [-0.2, 0) is 29.4 Å². The standard InChI is InChI=1S/C3H3BO8.H3N.Na.H2O4S.H/c5-1(11-3(7)8)2(6)12-4(9)10;;;1-5(2,3)4;/h9-10H,(H,7,8);1H3;;(H2,1,2,3,4);/q;;+1;;-1. The molecule has 0 aromatic rings. The van der Waals surface area contributed by atoms with Crippen LogP contribution < -0.4 is 35.7 Å². The molecule has 19 heavy (non-hydrogen) atoms. The summed E-state index contributed by atoms with van der Waals surface area (Å²) in [7, 11) is -7.15. The van der Waals surface area contributed by atoms with Crippen molar-refractivity contribution in [2.24, 2.45) is 0 Å². The third-order valence-electron chi connectivity index (χ3n) is 0.559. The summed E-state index contributed by atoms with van der Waals surface area (Å²) in [5.41, 5.74) is 0. The van der Waals surface area contributed by atoms with Gasteiger partial charge in [0.1, 0.15) is 0 Å². The van der Waals surface area contributed by atoms with Crippen LogP contribution in [0.15, 0.2) is 0 Å². The normalized spacial score (nSPS) is 8.42. The van der Waals surface area contributed by atoms with Crippen LogP contribution in [0.4, 0.5) is 4.79 Å². The zero-order chi connectivity index (χ0) is 14.2. The molecule has 0 aliphatic carbocycles. The Morgan fingerprint density at radius 1 is 1.05 bits per heavy atom. The van der Waals surface area contributed by atoms with Crippen LogP contribution in [0.3, 0.4) is 0 Å². The van der Waals surface area contributed by atoms with E-state index in [4.69, 9.17) is 32.7 Å². The molecule has 16 heteroatoms. The zero-order valence-corrected chi connectivity index (χ0v) is 12.1. The van der Waals surface area contributed by atoms with Crippen LogP contribution in [0, 0.1) is 0 Å². The van der Waals surface area contributed by atoms with Gasteiger partial charge >= 0.3 is 65.4 Å². The van der Waals surface area contributed by atoms with Crippen molar-refractivity contribution in [2.75, 3.05) is 0 Å². The summed E-state index contributed by atoms with van der Waals surface area (Å²) >= 11 is 0. The summed E-state index contributed by atoms with van der Waals surface area (Å²) in [6, 6.07) is 0. The molecule has 0 fully saturated rings. The summed E-state index contributed by atoms with van der Waals surface area (Å²) in [6.45, 7) is 0. The molecule has 0 bridgehead atoms. The van der Waals surface area contributed by atoms with Crippen molar-refractivity contribution in [1.82, 2.24) is 6.15 Å². The first kappa shape index (κ1) is 26.7. The van der Waals surface area contributed by atoms with Crippen LogP contribution in [-0.4, -0.2) is 58.1 Å². The van der Waals surface area contributed by atoms with Crippen LogP contribution in [0.5, 0.6) is 0 Å². The first-order chi connectivity index (χ1) is 7.43. The molecule has 0 radical (unpaired) electrons. The third-order valence-corrected chi connectivity index (χ3v) is 0.559. The second-order valence-electron chi connectivity index (χ2n) is 1.83. The van der Waals surface area contributed by atoms with Crippen molar-refractivity contribution >= 4 is 35.8 Å². The molecule has 0 saturated carbocycles. The van der Waals surface area contributed by atoms with Gasteiger partial charge in [-0.1, -0.05) is 0 Å². The van der Waals surface area contributed by atoms with Gasteiger partial charge in [0.2, 0.25) is 0 Å². The quantitative estimate of drug-likeness (QED) is 0.0869. The van der Waals surface area contributed by atoms with Crippen molar-refractivity contribution in [3.63, 3.8) is 0 Å². The monoisotopic (exact) mass is 317 g/mol. The van der Waals surface area contributed by atoms with Gasteiger partial charge in [0, 0.05) is 0 Å². The third kappa shape index (κ3) is 31.7. The van der Waals surface area contributed by atoms with Crippen molar-refractivity contribution in [3.05, 3.63) is 0 Å². The van der Waals surface area contributed by atoms with Crippen LogP contribution in [0.25, 0.3) is 0 Å². The predicted octanol–water partition coefficient (Wildman–Crippen LogP) is -5.65. The molecule has 0 spiro atoms. The van der Waals surface area contributed by atoms with E-state index in [-0.39, 0.29) is 37.1 Å². The summed E-state index contributed by atoms with van der Waals surface area (Å²) in [5, 5.41) is 23.7. The van der Waals surface area contributed by atoms with E-state index in [9.17, 15) is 14.4 Å². The van der Waals surface area contributed by atoms with Crippen LogP contribution >= 0.6 is 0 Å². The van der Waals surface area contributed by atoms with Gasteiger partial charge < -0.3 is 32.1 Å². The maximum Gasteiger partial charge on any atom is 1.00 e. The SMILES string of the molecule is N.O=C(O)OC(=O)C(=O)OB(O)O.O=S(=O)(O)O.[H-].[Na+]. The maximum absolute atomic E-state index is 10.2. The minimum atomic E-state index is -4.67. The Hall–Kier alpha value is -0.775. The Balaban J connectivity index is -0.0000000821. The number of carboxylic acid groups (broad SMARTS) is 1. The van der Waals surface area contributed by atoms with Crippen molar-refractivity contribution in [3.8, 4) is 0 Å². The Bertz CT molecular complexity index is 390. The van der Waals surface area contributed by atoms with Gasteiger partial charge in [-0.05, 0) is 0 Å². The zero-order valence-electron chi connectivity index (χ0n) is 10.3. The largest absolute Gasteiger partial charge is 1.00 e. The summed E-state index contributed by atoms with van der Waals surface area (Å²) in [4.78, 5) is 30.0. The van der Waals surface area contributed by atoms with Gasteiger partial charge in [0.25, 0.3) is 0 Å². The molecule has 8 N–H and O–H groups in total. The Labute approximate surface area is 129 Å². The second kappa shape index (κ2) is 12.3. The van der Waals surface area contributed by atoms with E-state index in [1.807, 2.05) is 0 Å². The molecule has 0 heterocycles. The van der Waals surface area contributed by atoms with Gasteiger partial charge in [0.15, 0.2) is 0 Å². The molecule has 0 atom stereocenters. The second-order valence-corrected chi connectivity index (χ2v) is 2.73. The Morgan fingerprint density at radius 2 is 1.37 bits per heavy atom. The molecular weight excluding hydrogens is 308 g/mol. The van der Waals surface area contributed by atoms with E-state index in [2.05, 4.69) is 9.39 Å². The number of rotatable bonds is 1. The maximum atomic E-state index is 10.2. The average molecular weight is 317 g/mol. The summed E-state index contributed by atoms with van der Waals surface area (Å²) in [5.74, 6) is -3.66. The number of carbonyl (C=O) groups is 3. The van der Waals surface area contributed by atoms with Gasteiger partial charge in [-0.3, -0.25) is 9.11 Å². The number of carbonyl (C=O) groups excluding carboxylic acids is 2. The molecule has 0 aliphatic rings. The molecule has 0 unspecified atom stereocenters. The smallest absolute Gasteiger partial charge is 1.00 e. The fourth-order valence-electron chi connectivity index (χ4n) is 0.265. The van der Waals surface area contributed by atoms with Crippen molar-refractivity contribution in [2.45, 2.75) is 0 Å². The minimum absolute atomic E-state index is 0. The molecule has 0 aromatic heterocycles. The van der Waals surface area contributed by atoms with Gasteiger partial charge in [-0.2, -0.15) is 8.42 Å². The molecule has 0 amide bonds. The Morgan fingerprint density at radius 3 is 1.58 bits per heavy atom. The molecule has 108 valence electrons. The van der Waals surface area contributed by atoms with E-state index >= 15 is 0 Å². The van der Waals surface area contributed by atoms with E-state index < -0.39 is 35.8 Å². The molecule has 0 saturated heterocycles. The molecule has 13 nitrogen and oxygen atoms in total. The molecule has 0 aliphatic heterocycles. The fourth-order valence-corrected chi connectivity index (χ4v) is 0.265. The first-order valence-corrected chi connectivity index (χ1v) is 4.55. The van der Waals surface area contributed by atoms with Crippen LogP contribution in [0.1, 0.15) is 1.43 Å². The van der Waals surface area contributed by atoms with Crippen molar-refractivity contribution < 1.29 is 87.4 Å². The number of hydrogen-bond acceptors (Lipinski definition) is 10. The Kier molecular flexibility index (Phi) is 17.3. The topological polar surface area (TPSA) is 240 Å². The summed E-state index contributed by atoms with van der Waals surface area (Å²) in [6.07, 6.45) is -2.00. The van der Waals surface area contributed by atoms with E-state index in [1.54, 1.807) is 0 Å². The van der Waals surface area contributed by atoms with Crippen LogP contribution in [0.2, 0.25) is 0 Å². The van der Waals surface area contributed by atoms with Gasteiger partial charge in [0.05, 0.1) is 0 Å². The average Bonchev–Trinajstić information content (AvgIpc) is 1.97. The predicted molar refractivity (Wildman–Crippen MR) is 50.7 cm³/mol. The first-order valence-electron chi connectivity index (χ1n) is 3.15. The number of hydrogen-bond donors (Lipinski definition) is 6. The van der Waals surface area contributed by atoms with E-state index in [0.29, 0.717) is 0 Å². The van der Waals surface area contributed by atoms with Gasteiger partial charge in [-0.15, -0.1) is 0 Å². The molecule has 0 rings (SSSR count). The fraction of sp³-hybridized carbons (Fsp3) is 0. The molecule has 0 aromatic carbocycles. The summed E-state index contributed by atoms with van der Waals surface area (Å²) < 4.78 is 38.3. The number of esters is 1. The van der Waals surface area contributed by atoms with Crippen molar-refractivity contribution in [1.29, 1.82) is 0 Å². The number of ether oxygens (including phenoxy) is 1. The van der Waals surface area contributed by atoms with E-state index in [0.717, 1.165) is 0 Å². The van der Waals surface area contributed by atoms with E-state index in [1.165, 1.54) is 0 Å². The van der Waals surface area contributed by atoms with Gasteiger partial charge in [-0.25, -0.2) is 14.4 Å². The molecular formula is C3H9BNNaO12S. The minimum Gasteiger partial charge on any atom is -1.00 e.